The molecule has 0 atom stereocenters. The van der Waals surface area contributed by atoms with E-state index in [9.17, 15) is 5.11 Å². The highest BCUT2D eigenvalue weighted by atomic mass is 16.3. The van der Waals surface area contributed by atoms with Gasteiger partial charge in [-0.25, -0.2) is 0 Å². The highest BCUT2D eigenvalue weighted by Gasteiger charge is 2.12. The number of phenolic OH excluding ortho intramolecular Hbond substituents is 1. The second kappa shape index (κ2) is 4.56. The molecule has 98 valence electrons. The molecule has 0 radical (unpaired) electrons. The maximum atomic E-state index is 10.2. The Hall–Kier alpha value is -3.05. The molecule has 3 rings (SSSR count). The summed E-state index contributed by atoms with van der Waals surface area (Å²) >= 11 is 0. The number of nitrogens with zero attached hydrogens (tertiary/aromatic N) is 6. The lowest BCUT2D eigenvalue weighted by Gasteiger charge is -2.07. The average Bonchev–Trinajstić information content (AvgIpc) is 2.86. The number of phenols is 1. The first-order valence-corrected chi connectivity index (χ1v) is 5.90. The minimum Gasteiger partial charge on any atom is -0.505 e. The number of fused-ring (bicyclic) bond motifs is 1. The summed E-state index contributed by atoms with van der Waals surface area (Å²) in [6, 6.07) is 10.7. The summed E-state index contributed by atoms with van der Waals surface area (Å²) in [7, 11) is 0. The first-order valence-electron chi connectivity index (χ1n) is 5.90. The van der Waals surface area contributed by atoms with Crippen molar-refractivity contribution in [3.63, 3.8) is 0 Å². The number of benzene rings is 2. The van der Waals surface area contributed by atoms with E-state index in [1.54, 1.807) is 12.1 Å². The van der Waals surface area contributed by atoms with Gasteiger partial charge in [-0.05, 0) is 42.3 Å². The van der Waals surface area contributed by atoms with Crippen LogP contribution < -0.4 is 0 Å². The maximum absolute atomic E-state index is 10.2. The molecule has 20 heavy (non-hydrogen) atoms. The van der Waals surface area contributed by atoms with Crippen molar-refractivity contribution in [1.29, 1.82) is 0 Å². The minimum absolute atomic E-state index is 0.145. The fourth-order valence-corrected chi connectivity index (χ4v) is 1.99. The van der Waals surface area contributed by atoms with Crippen LogP contribution in [0.15, 0.2) is 41.5 Å². The van der Waals surface area contributed by atoms with Gasteiger partial charge in [-0.1, -0.05) is 17.2 Å². The van der Waals surface area contributed by atoms with Gasteiger partial charge in [0.1, 0.15) is 16.7 Å². The summed E-state index contributed by atoms with van der Waals surface area (Å²) in [6.45, 7) is 1.84. The van der Waals surface area contributed by atoms with Gasteiger partial charge in [0.05, 0.1) is 5.69 Å². The van der Waals surface area contributed by atoms with E-state index in [4.69, 9.17) is 5.53 Å². The van der Waals surface area contributed by atoms with Crippen LogP contribution in [0.2, 0.25) is 0 Å². The molecule has 2 aromatic carbocycles. The molecule has 0 aliphatic rings. The van der Waals surface area contributed by atoms with Crippen LogP contribution in [-0.2, 0) is 0 Å². The van der Waals surface area contributed by atoms with Gasteiger partial charge >= 0.3 is 0 Å². The third-order valence-corrected chi connectivity index (χ3v) is 2.87. The quantitative estimate of drug-likeness (QED) is 0.437. The predicted molar refractivity (Wildman–Crippen MR) is 74.1 cm³/mol. The number of aromatic nitrogens is 3. The summed E-state index contributed by atoms with van der Waals surface area (Å²) in [6.07, 6.45) is 0. The Morgan fingerprint density at radius 2 is 1.85 bits per heavy atom. The lowest BCUT2D eigenvalue weighted by molar-refractivity contribution is 0.469. The Morgan fingerprint density at radius 1 is 1.20 bits per heavy atom. The number of rotatable bonds is 2. The molecule has 0 aliphatic heterocycles. The van der Waals surface area contributed by atoms with Crippen molar-refractivity contribution >= 4 is 16.7 Å². The molecule has 0 spiro atoms. The molecule has 1 aromatic heterocycles. The number of azide groups is 1. The van der Waals surface area contributed by atoms with Crippen molar-refractivity contribution < 1.29 is 5.11 Å². The van der Waals surface area contributed by atoms with Crippen molar-refractivity contribution in [2.75, 3.05) is 0 Å². The fourth-order valence-electron chi connectivity index (χ4n) is 1.99. The molecule has 0 unspecified atom stereocenters. The highest BCUT2D eigenvalue weighted by Crippen LogP contribution is 2.34. The molecule has 7 heteroatoms. The van der Waals surface area contributed by atoms with Crippen molar-refractivity contribution in [3.05, 3.63) is 52.4 Å². The molecular formula is C13H10N6O. The minimum atomic E-state index is -0.145. The topological polar surface area (TPSA) is 99.7 Å². The SMILES string of the molecule is Cc1cc(N=[N+]=[N-])c(O)c(-n2nc3ccccc3n2)c1. The van der Waals surface area contributed by atoms with Crippen LogP contribution in [0.5, 0.6) is 5.75 Å². The molecule has 0 saturated carbocycles. The molecule has 0 bridgehead atoms. The molecule has 0 amide bonds. The van der Waals surface area contributed by atoms with E-state index in [0.717, 1.165) is 16.6 Å². The standard InChI is InChI=1S/C13H10N6O/c1-8-6-11(15-18-14)13(20)12(7-8)19-16-9-4-2-3-5-10(9)17-19/h2-7,20H,1H3. The highest BCUT2D eigenvalue weighted by molar-refractivity contribution is 5.74. The van der Waals surface area contributed by atoms with Crippen LogP contribution in [0.25, 0.3) is 27.2 Å². The third kappa shape index (κ3) is 1.92. The zero-order chi connectivity index (χ0) is 14.1. The summed E-state index contributed by atoms with van der Waals surface area (Å²) < 4.78 is 0. The average molecular weight is 266 g/mol. The lowest BCUT2D eigenvalue weighted by atomic mass is 10.2. The molecule has 1 heterocycles. The molecule has 3 aromatic rings. The van der Waals surface area contributed by atoms with E-state index in [2.05, 4.69) is 20.2 Å². The number of aromatic hydroxyl groups is 1. The van der Waals surface area contributed by atoms with Gasteiger partial charge < -0.3 is 5.11 Å². The van der Waals surface area contributed by atoms with E-state index in [1.807, 2.05) is 31.2 Å². The Labute approximate surface area is 113 Å². The monoisotopic (exact) mass is 266 g/mol. The van der Waals surface area contributed by atoms with Crippen LogP contribution in [-0.4, -0.2) is 20.1 Å². The second-order valence-corrected chi connectivity index (χ2v) is 4.32. The van der Waals surface area contributed by atoms with Gasteiger partial charge in [-0.15, -0.1) is 15.0 Å². The van der Waals surface area contributed by atoms with Crippen molar-refractivity contribution in [2.24, 2.45) is 5.11 Å². The summed E-state index contributed by atoms with van der Waals surface area (Å²) in [5, 5.41) is 22.2. The van der Waals surface area contributed by atoms with Crippen molar-refractivity contribution in [1.82, 2.24) is 15.0 Å². The summed E-state index contributed by atoms with van der Waals surface area (Å²) in [5.74, 6) is -0.145. The smallest absolute Gasteiger partial charge is 0.152 e. The largest absolute Gasteiger partial charge is 0.505 e. The van der Waals surface area contributed by atoms with Crippen LogP contribution >= 0.6 is 0 Å². The van der Waals surface area contributed by atoms with Gasteiger partial charge in [0, 0.05) is 4.91 Å². The molecule has 1 N–H and O–H groups in total. The van der Waals surface area contributed by atoms with Gasteiger partial charge in [0.25, 0.3) is 0 Å². The zero-order valence-electron chi connectivity index (χ0n) is 10.6. The van der Waals surface area contributed by atoms with Crippen molar-refractivity contribution in [2.45, 2.75) is 6.92 Å². The number of hydrogen-bond acceptors (Lipinski definition) is 4. The van der Waals surface area contributed by atoms with Gasteiger partial charge in [0.2, 0.25) is 0 Å². The zero-order valence-corrected chi connectivity index (χ0v) is 10.6. The van der Waals surface area contributed by atoms with Crippen LogP contribution in [0.3, 0.4) is 0 Å². The van der Waals surface area contributed by atoms with E-state index in [0.29, 0.717) is 5.69 Å². The van der Waals surface area contributed by atoms with Crippen LogP contribution in [0.4, 0.5) is 5.69 Å². The first-order chi connectivity index (χ1) is 9.69. The van der Waals surface area contributed by atoms with E-state index < -0.39 is 0 Å². The Balaban J connectivity index is 2.25. The molecule has 0 fully saturated rings. The number of aryl methyl sites for hydroxylation is 1. The normalized spacial score (nSPS) is 10.4. The molecule has 0 aliphatic carbocycles. The van der Waals surface area contributed by atoms with Crippen LogP contribution in [0, 0.1) is 6.92 Å². The van der Waals surface area contributed by atoms with Gasteiger partial charge in [-0.3, -0.25) is 0 Å². The molecule has 7 nitrogen and oxygen atoms in total. The maximum Gasteiger partial charge on any atom is 0.152 e. The van der Waals surface area contributed by atoms with Crippen molar-refractivity contribution in [3.8, 4) is 11.4 Å². The lowest BCUT2D eigenvalue weighted by Crippen LogP contribution is -1.99. The van der Waals surface area contributed by atoms with Gasteiger partial charge in [0.15, 0.2) is 5.75 Å². The summed E-state index contributed by atoms with van der Waals surface area (Å²) in [4.78, 5) is 4.04. The first kappa shape index (κ1) is 12.0. The van der Waals surface area contributed by atoms with Crippen LogP contribution in [0.1, 0.15) is 5.56 Å². The molecular weight excluding hydrogens is 256 g/mol. The van der Waals surface area contributed by atoms with E-state index in [-0.39, 0.29) is 11.4 Å². The van der Waals surface area contributed by atoms with Gasteiger partial charge in [-0.2, -0.15) is 0 Å². The number of hydrogen-bond donors (Lipinski definition) is 1. The third-order valence-electron chi connectivity index (χ3n) is 2.87. The fraction of sp³-hybridized carbons (Fsp3) is 0.0769. The van der Waals surface area contributed by atoms with E-state index in [1.165, 1.54) is 4.80 Å². The Bertz CT molecular complexity index is 814. The van der Waals surface area contributed by atoms with E-state index >= 15 is 0 Å². The Morgan fingerprint density at radius 3 is 2.45 bits per heavy atom. The second-order valence-electron chi connectivity index (χ2n) is 4.32. The molecule has 0 saturated heterocycles. The summed E-state index contributed by atoms with van der Waals surface area (Å²) in [5.41, 5.74) is 11.3. The predicted octanol–water partition coefficient (Wildman–Crippen LogP) is 3.38. The Kier molecular flexibility index (Phi) is 2.74.